The topological polar surface area (TPSA) is 40.6 Å². The van der Waals surface area contributed by atoms with Crippen molar-refractivity contribution >= 4 is 21.4 Å². The van der Waals surface area contributed by atoms with Crippen LogP contribution in [0, 0.1) is 6.92 Å². The van der Waals surface area contributed by atoms with Crippen LogP contribution in [0.5, 0.6) is 0 Å². The van der Waals surface area contributed by atoms with Crippen LogP contribution in [-0.4, -0.2) is 34.8 Å². The van der Waals surface area contributed by atoms with E-state index in [0.717, 1.165) is 29.9 Å². The van der Waals surface area contributed by atoms with Crippen molar-refractivity contribution in [2.24, 2.45) is 0 Å². The average Bonchev–Trinajstić information content (AvgIpc) is 2.39. The third-order valence-electron chi connectivity index (χ3n) is 3.13. The van der Waals surface area contributed by atoms with E-state index in [-0.39, 0.29) is 0 Å². The zero-order chi connectivity index (χ0) is 12.6. The van der Waals surface area contributed by atoms with Crippen molar-refractivity contribution in [3.05, 3.63) is 23.8 Å². The molecular weight excluding hydrogens is 236 g/mol. The minimum atomic E-state index is -3.20. The minimum Gasteiger partial charge on any atom is -0.373 e. The number of benzene rings is 1. The highest BCUT2D eigenvalue weighted by atomic mass is 32.2. The molecule has 1 aromatic rings. The molecule has 94 valence electrons. The summed E-state index contributed by atoms with van der Waals surface area (Å²) in [6, 6.07) is 5.90. The Morgan fingerprint density at radius 1 is 1.24 bits per heavy atom. The largest absolute Gasteiger partial charge is 0.373 e. The van der Waals surface area contributed by atoms with Gasteiger partial charge in [0, 0.05) is 20.1 Å². The molecule has 0 aromatic heterocycles. The van der Waals surface area contributed by atoms with Gasteiger partial charge in [0.05, 0.1) is 17.6 Å². The maximum atomic E-state index is 11.9. The van der Waals surface area contributed by atoms with Crippen LogP contribution >= 0.6 is 0 Å². The molecule has 0 N–H and O–H groups in total. The van der Waals surface area contributed by atoms with Crippen LogP contribution in [-0.2, 0) is 10.0 Å². The van der Waals surface area contributed by atoms with Gasteiger partial charge in [-0.25, -0.2) is 8.42 Å². The molecule has 0 unspecified atom stereocenters. The summed E-state index contributed by atoms with van der Waals surface area (Å²) >= 11 is 0. The van der Waals surface area contributed by atoms with E-state index < -0.39 is 10.0 Å². The molecule has 5 heteroatoms. The average molecular weight is 254 g/mol. The summed E-state index contributed by atoms with van der Waals surface area (Å²) in [5, 5.41) is 0. The lowest BCUT2D eigenvalue weighted by atomic mass is 10.1. The molecule has 0 fully saturated rings. The highest BCUT2D eigenvalue weighted by Gasteiger charge is 2.25. The van der Waals surface area contributed by atoms with Crippen molar-refractivity contribution < 1.29 is 8.42 Å². The summed E-state index contributed by atoms with van der Waals surface area (Å²) in [4.78, 5) is 2.12. The lowest BCUT2D eigenvalue weighted by molar-refractivity contribution is 0.596. The fraction of sp³-hybridized carbons (Fsp3) is 0.500. The number of anilines is 2. The molecule has 1 aromatic carbocycles. The lowest BCUT2D eigenvalue weighted by Crippen LogP contribution is -2.31. The maximum absolute atomic E-state index is 11.9. The van der Waals surface area contributed by atoms with Crippen LogP contribution in [0.15, 0.2) is 18.2 Å². The molecule has 2 rings (SSSR count). The van der Waals surface area contributed by atoms with Gasteiger partial charge in [0.1, 0.15) is 0 Å². The number of hydrogen-bond acceptors (Lipinski definition) is 3. The van der Waals surface area contributed by atoms with E-state index in [1.54, 1.807) is 0 Å². The fourth-order valence-corrected chi connectivity index (χ4v) is 3.32. The Kier molecular flexibility index (Phi) is 3.03. The number of aryl methyl sites for hydroxylation is 1. The van der Waals surface area contributed by atoms with Gasteiger partial charge >= 0.3 is 0 Å². The molecule has 17 heavy (non-hydrogen) atoms. The standard InChI is InChI=1S/C12H18N2O2S/c1-10-6-4-7-11-12(10)14(17(3,15)16)9-5-8-13(11)2/h4,6-7H,5,8-9H2,1-3H3. The monoisotopic (exact) mass is 254 g/mol. The summed E-state index contributed by atoms with van der Waals surface area (Å²) in [5.41, 5.74) is 2.82. The van der Waals surface area contributed by atoms with E-state index >= 15 is 0 Å². The van der Waals surface area contributed by atoms with Crippen molar-refractivity contribution in [3.63, 3.8) is 0 Å². The SMILES string of the molecule is Cc1cccc2c1N(S(C)(=O)=O)CCCN2C. The first kappa shape index (κ1) is 12.2. The number of sulfonamides is 1. The predicted molar refractivity (Wildman–Crippen MR) is 71.3 cm³/mol. The maximum Gasteiger partial charge on any atom is 0.232 e. The van der Waals surface area contributed by atoms with E-state index in [9.17, 15) is 8.42 Å². The van der Waals surface area contributed by atoms with Crippen LogP contribution in [0.3, 0.4) is 0 Å². The molecule has 1 heterocycles. The summed E-state index contributed by atoms with van der Waals surface area (Å²) in [7, 11) is -1.20. The molecule has 0 saturated carbocycles. The van der Waals surface area contributed by atoms with E-state index in [1.165, 1.54) is 10.6 Å². The third-order valence-corrected chi connectivity index (χ3v) is 4.30. The van der Waals surface area contributed by atoms with Gasteiger partial charge in [-0.15, -0.1) is 0 Å². The van der Waals surface area contributed by atoms with Gasteiger partial charge in [0.2, 0.25) is 10.0 Å². The second-order valence-electron chi connectivity index (χ2n) is 4.55. The molecule has 1 aliphatic rings. The second-order valence-corrected chi connectivity index (χ2v) is 6.46. The van der Waals surface area contributed by atoms with Gasteiger partial charge in [0.25, 0.3) is 0 Å². The van der Waals surface area contributed by atoms with Gasteiger partial charge in [-0.1, -0.05) is 12.1 Å². The van der Waals surface area contributed by atoms with Gasteiger partial charge in [0.15, 0.2) is 0 Å². The van der Waals surface area contributed by atoms with Crippen LogP contribution in [0.4, 0.5) is 11.4 Å². The van der Waals surface area contributed by atoms with E-state index in [0.29, 0.717) is 6.54 Å². The highest BCUT2D eigenvalue weighted by Crippen LogP contribution is 2.35. The Balaban J connectivity index is 2.65. The molecular formula is C12H18N2O2S. The predicted octanol–water partition coefficient (Wildman–Crippen LogP) is 1.60. The van der Waals surface area contributed by atoms with Crippen LogP contribution < -0.4 is 9.21 Å². The number of rotatable bonds is 1. The van der Waals surface area contributed by atoms with Crippen molar-refractivity contribution in [2.75, 3.05) is 35.6 Å². The minimum absolute atomic E-state index is 0.557. The van der Waals surface area contributed by atoms with Crippen molar-refractivity contribution in [2.45, 2.75) is 13.3 Å². The van der Waals surface area contributed by atoms with Gasteiger partial charge in [-0.3, -0.25) is 4.31 Å². The molecule has 4 nitrogen and oxygen atoms in total. The molecule has 0 atom stereocenters. The van der Waals surface area contributed by atoms with Crippen LogP contribution in [0.25, 0.3) is 0 Å². The number of para-hydroxylation sites is 1. The zero-order valence-electron chi connectivity index (χ0n) is 10.5. The van der Waals surface area contributed by atoms with E-state index in [4.69, 9.17) is 0 Å². The quantitative estimate of drug-likeness (QED) is 0.764. The highest BCUT2D eigenvalue weighted by molar-refractivity contribution is 7.92. The number of hydrogen-bond donors (Lipinski definition) is 0. The van der Waals surface area contributed by atoms with Crippen LogP contribution in [0.2, 0.25) is 0 Å². The summed E-state index contributed by atoms with van der Waals surface area (Å²) in [6.45, 7) is 3.39. The lowest BCUT2D eigenvalue weighted by Gasteiger charge is -2.25. The molecule has 0 bridgehead atoms. The number of nitrogens with zero attached hydrogens (tertiary/aromatic N) is 2. The Labute approximate surface area is 103 Å². The van der Waals surface area contributed by atoms with Gasteiger partial charge in [-0.2, -0.15) is 0 Å². The van der Waals surface area contributed by atoms with Crippen molar-refractivity contribution in [1.82, 2.24) is 0 Å². The van der Waals surface area contributed by atoms with Crippen molar-refractivity contribution in [1.29, 1.82) is 0 Å². The molecule has 0 radical (unpaired) electrons. The smallest absolute Gasteiger partial charge is 0.232 e. The molecule has 0 aliphatic carbocycles. The first-order valence-corrected chi connectivity index (χ1v) is 7.54. The fourth-order valence-electron chi connectivity index (χ4n) is 2.29. The molecule has 0 spiro atoms. The molecule has 0 amide bonds. The first-order chi connectivity index (χ1) is 7.91. The Bertz CT molecular complexity index is 525. The zero-order valence-corrected chi connectivity index (χ0v) is 11.3. The summed E-state index contributed by atoms with van der Waals surface area (Å²) in [6.07, 6.45) is 2.12. The third kappa shape index (κ3) is 2.24. The first-order valence-electron chi connectivity index (χ1n) is 5.70. The summed E-state index contributed by atoms with van der Waals surface area (Å²) in [5.74, 6) is 0. The Morgan fingerprint density at radius 3 is 2.59 bits per heavy atom. The van der Waals surface area contributed by atoms with Crippen LogP contribution in [0.1, 0.15) is 12.0 Å². The Morgan fingerprint density at radius 2 is 1.94 bits per heavy atom. The molecule has 0 saturated heterocycles. The van der Waals surface area contributed by atoms with E-state index in [2.05, 4.69) is 4.90 Å². The number of fused-ring (bicyclic) bond motifs is 1. The second kappa shape index (κ2) is 4.22. The van der Waals surface area contributed by atoms with Gasteiger partial charge < -0.3 is 4.90 Å². The normalized spacial score (nSPS) is 16.6. The van der Waals surface area contributed by atoms with Crippen molar-refractivity contribution in [3.8, 4) is 0 Å². The summed E-state index contributed by atoms with van der Waals surface area (Å²) < 4.78 is 25.3. The van der Waals surface area contributed by atoms with Gasteiger partial charge in [-0.05, 0) is 25.0 Å². The molecule has 1 aliphatic heterocycles. The van der Waals surface area contributed by atoms with E-state index in [1.807, 2.05) is 32.2 Å². The Hall–Kier alpha value is -1.23.